The molecular formula is C15H18ClNO5. The van der Waals surface area contributed by atoms with Gasteiger partial charge in [-0.15, -0.1) is 0 Å². The highest BCUT2D eigenvalue weighted by molar-refractivity contribution is 6.30. The van der Waals surface area contributed by atoms with E-state index in [-0.39, 0.29) is 13.0 Å². The molecular weight excluding hydrogens is 310 g/mol. The highest BCUT2D eigenvalue weighted by atomic mass is 35.5. The van der Waals surface area contributed by atoms with E-state index < -0.39 is 23.5 Å². The van der Waals surface area contributed by atoms with Crippen LogP contribution in [0.3, 0.4) is 0 Å². The molecule has 2 N–H and O–H groups in total. The van der Waals surface area contributed by atoms with E-state index in [1.54, 1.807) is 31.2 Å². The summed E-state index contributed by atoms with van der Waals surface area (Å²) in [5, 5.41) is 12.8. The Balaban J connectivity index is 2.27. The maximum atomic E-state index is 12.3. The summed E-state index contributed by atoms with van der Waals surface area (Å²) in [6.07, 6.45) is -0.616. The Morgan fingerprint density at radius 3 is 2.55 bits per heavy atom. The van der Waals surface area contributed by atoms with Gasteiger partial charge in [-0.05, 0) is 24.1 Å². The summed E-state index contributed by atoms with van der Waals surface area (Å²) >= 11 is 5.84. The van der Waals surface area contributed by atoms with Gasteiger partial charge in [0.05, 0.1) is 19.8 Å². The molecule has 0 aromatic heterocycles. The van der Waals surface area contributed by atoms with E-state index in [9.17, 15) is 14.7 Å². The number of rotatable bonds is 5. The monoisotopic (exact) mass is 327 g/mol. The van der Waals surface area contributed by atoms with E-state index in [2.05, 4.69) is 5.32 Å². The molecule has 1 aromatic carbocycles. The molecule has 6 nitrogen and oxygen atoms in total. The number of carbonyl (C=O) groups is 2. The van der Waals surface area contributed by atoms with Crippen molar-refractivity contribution in [3.8, 4) is 0 Å². The summed E-state index contributed by atoms with van der Waals surface area (Å²) in [6.45, 7) is 2.55. The van der Waals surface area contributed by atoms with Crippen LogP contribution < -0.4 is 5.32 Å². The van der Waals surface area contributed by atoms with Crippen LogP contribution in [0.2, 0.25) is 5.02 Å². The van der Waals surface area contributed by atoms with Crippen molar-refractivity contribution in [2.45, 2.75) is 25.0 Å². The first-order valence-electron chi connectivity index (χ1n) is 7.00. The number of hydrogen-bond donors (Lipinski definition) is 2. The van der Waals surface area contributed by atoms with Gasteiger partial charge in [-0.1, -0.05) is 30.7 Å². The lowest BCUT2D eigenvalue weighted by atomic mass is 9.87. The predicted molar refractivity (Wildman–Crippen MR) is 79.8 cm³/mol. The second-order valence-electron chi connectivity index (χ2n) is 4.99. The van der Waals surface area contributed by atoms with E-state index >= 15 is 0 Å². The molecule has 1 aliphatic rings. The average molecular weight is 328 g/mol. The van der Waals surface area contributed by atoms with Gasteiger partial charge in [0.15, 0.2) is 11.6 Å². The third kappa shape index (κ3) is 3.40. The number of ether oxygens (including phenoxy) is 2. The number of carboxylic acid groups (broad SMARTS) is 1. The van der Waals surface area contributed by atoms with Gasteiger partial charge in [0.1, 0.15) is 0 Å². The fraction of sp³-hybridized carbons (Fsp3) is 0.467. The topological polar surface area (TPSA) is 84.9 Å². The van der Waals surface area contributed by atoms with Crippen molar-refractivity contribution in [1.29, 1.82) is 0 Å². The largest absolute Gasteiger partial charge is 0.479 e. The second-order valence-corrected chi connectivity index (χ2v) is 5.43. The van der Waals surface area contributed by atoms with Crippen molar-refractivity contribution in [2.75, 3.05) is 19.8 Å². The molecule has 1 aromatic rings. The minimum Gasteiger partial charge on any atom is -0.479 e. The third-order valence-electron chi connectivity index (χ3n) is 3.68. The lowest BCUT2D eigenvalue weighted by molar-refractivity contribution is -0.157. The zero-order valence-electron chi connectivity index (χ0n) is 12.2. The van der Waals surface area contributed by atoms with Gasteiger partial charge in [-0.3, -0.25) is 4.79 Å². The molecule has 0 bridgehead atoms. The van der Waals surface area contributed by atoms with Crippen LogP contribution in [0.15, 0.2) is 24.3 Å². The van der Waals surface area contributed by atoms with Gasteiger partial charge in [-0.25, -0.2) is 4.79 Å². The Hall–Kier alpha value is -1.63. The number of halogens is 1. The summed E-state index contributed by atoms with van der Waals surface area (Å²) < 4.78 is 10.5. The molecule has 1 fully saturated rings. The van der Waals surface area contributed by atoms with Crippen molar-refractivity contribution in [1.82, 2.24) is 5.32 Å². The zero-order valence-corrected chi connectivity index (χ0v) is 12.9. The molecule has 0 saturated carbocycles. The van der Waals surface area contributed by atoms with Crippen LogP contribution in [0, 0.1) is 0 Å². The van der Waals surface area contributed by atoms with Crippen LogP contribution in [0.5, 0.6) is 0 Å². The van der Waals surface area contributed by atoms with Crippen molar-refractivity contribution in [3.63, 3.8) is 0 Å². The molecule has 2 atom stereocenters. The van der Waals surface area contributed by atoms with Crippen molar-refractivity contribution < 1.29 is 24.2 Å². The molecule has 0 spiro atoms. The van der Waals surface area contributed by atoms with Crippen molar-refractivity contribution >= 4 is 23.5 Å². The predicted octanol–water partition coefficient (Wildman–Crippen LogP) is 1.56. The fourth-order valence-electron chi connectivity index (χ4n) is 2.36. The molecule has 1 heterocycles. The molecule has 2 rings (SSSR count). The first kappa shape index (κ1) is 16.7. The Kier molecular flexibility index (Phi) is 5.39. The molecule has 7 heteroatoms. The maximum absolute atomic E-state index is 12.3. The van der Waals surface area contributed by atoms with E-state index in [0.717, 1.165) is 0 Å². The summed E-state index contributed by atoms with van der Waals surface area (Å²) in [4.78, 5) is 24.1. The van der Waals surface area contributed by atoms with Crippen LogP contribution >= 0.6 is 11.6 Å². The SMILES string of the molecule is CC[C@](NC(=O)[C@H]1COCCO1)(C(=O)O)c1ccc(Cl)cc1. The minimum absolute atomic E-state index is 0.117. The van der Waals surface area contributed by atoms with Gasteiger partial charge < -0.3 is 19.9 Å². The van der Waals surface area contributed by atoms with Crippen molar-refractivity contribution in [3.05, 3.63) is 34.9 Å². The number of carbonyl (C=O) groups excluding carboxylic acids is 1. The Morgan fingerprint density at radius 2 is 2.05 bits per heavy atom. The molecule has 0 unspecified atom stereocenters. The third-order valence-corrected chi connectivity index (χ3v) is 3.93. The van der Waals surface area contributed by atoms with Crippen molar-refractivity contribution in [2.24, 2.45) is 0 Å². The molecule has 1 amide bonds. The molecule has 1 aliphatic heterocycles. The first-order valence-corrected chi connectivity index (χ1v) is 7.38. The summed E-state index contributed by atoms with van der Waals surface area (Å²) in [5.41, 5.74) is -1.07. The normalized spacial score (nSPS) is 20.9. The summed E-state index contributed by atoms with van der Waals surface area (Å²) in [5.74, 6) is -1.64. The lowest BCUT2D eigenvalue weighted by Crippen LogP contribution is -2.56. The highest BCUT2D eigenvalue weighted by Gasteiger charge is 2.42. The first-order chi connectivity index (χ1) is 10.5. The smallest absolute Gasteiger partial charge is 0.334 e. The number of benzene rings is 1. The summed E-state index contributed by atoms with van der Waals surface area (Å²) in [6, 6.07) is 6.38. The van der Waals surface area contributed by atoms with Crippen LogP contribution in [0.1, 0.15) is 18.9 Å². The van der Waals surface area contributed by atoms with Crippen LogP contribution in [-0.2, 0) is 24.6 Å². The highest BCUT2D eigenvalue weighted by Crippen LogP contribution is 2.27. The quantitative estimate of drug-likeness (QED) is 0.857. The molecule has 22 heavy (non-hydrogen) atoms. The number of carboxylic acids is 1. The van der Waals surface area contributed by atoms with E-state index in [1.807, 2.05) is 0 Å². The molecule has 120 valence electrons. The van der Waals surface area contributed by atoms with Gasteiger partial charge in [0, 0.05) is 5.02 Å². The van der Waals surface area contributed by atoms with Crippen LogP contribution in [-0.4, -0.2) is 42.9 Å². The standard InChI is InChI=1S/C15H18ClNO5/c1-2-15(14(19)20,10-3-5-11(16)6-4-10)17-13(18)12-9-21-7-8-22-12/h3-6,12H,2,7-9H2,1H3,(H,17,18)(H,19,20)/t12-,15-/m1/s1. The van der Waals surface area contributed by atoms with Gasteiger partial charge >= 0.3 is 5.97 Å². The van der Waals surface area contributed by atoms with Gasteiger partial charge in [0.25, 0.3) is 5.91 Å². The van der Waals surface area contributed by atoms with Crippen LogP contribution in [0.4, 0.5) is 0 Å². The number of aliphatic carboxylic acids is 1. The second kappa shape index (κ2) is 7.09. The molecule has 0 radical (unpaired) electrons. The van der Waals surface area contributed by atoms with Crippen LogP contribution in [0.25, 0.3) is 0 Å². The fourth-order valence-corrected chi connectivity index (χ4v) is 2.48. The van der Waals surface area contributed by atoms with E-state index in [0.29, 0.717) is 23.8 Å². The lowest BCUT2D eigenvalue weighted by Gasteiger charge is -2.32. The molecule has 1 saturated heterocycles. The number of nitrogens with one attached hydrogen (secondary N) is 1. The Morgan fingerprint density at radius 1 is 1.36 bits per heavy atom. The zero-order chi connectivity index (χ0) is 16.2. The Bertz CT molecular complexity index is 541. The number of hydrogen-bond acceptors (Lipinski definition) is 4. The van der Waals surface area contributed by atoms with E-state index in [1.165, 1.54) is 0 Å². The van der Waals surface area contributed by atoms with Gasteiger partial charge in [0.2, 0.25) is 0 Å². The average Bonchev–Trinajstić information content (AvgIpc) is 2.54. The maximum Gasteiger partial charge on any atom is 0.334 e. The number of amides is 1. The molecule has 0 aliphatic carbocycles. The van der Waals surface area contributed by atoms with Gasteiger partial charge in [-0.2, -0.15) is 0 Å². The van der Waals surface area contributed by atoms with E-state index in [4.69, 9.17) is 21.1 Å². The summed E-state index contributed by atoms with van der Waals surface area (Å²) in [7, 11) is 0. The minimum atomic E-state index is -1.53. The Labute approximate surface area is 133 Å².